The van der Waals surface area contributed by atoms with Crippen molar-refractivity contribution in [3.8, 4) is 0 Å². The zero-order chi connectivity index (χ0) is 30.0. The van der Waals surface area contributed by atoms with Gasteiger partial charge in [-0.1, -0.05) is 129 Å². The van der Waals surface area contributed by atoms with E-state index >= 15 is 0 Å². The minimum absolute atomic E-state index is 0.182. The minimum Gasteiger partial charge on any atom is -0.462 e. The van der Waals surface area contributed by atoms with Crippen molar-refractivity contribution in [2.45, 2.75) is 81.4 Å². The maximum atomic E-state index is 14.1. The number of halogens is 1. The molecule has 1 saturated heterocycles. The number of hydrogen-bond donors (Lipinski definition) is 0. The first-order chi connectivity index (χ1) is 21.0. The molecule has 3 aromatic rings. The van der Waals surface area contributed by atoms with Crippen molar-refractivity contribution in [1.82, 2.24) is 0 Å². The van der Waals surface area contributed by atoms with Crippen molar-refractivity contribution >= 4 is 39.4 Å². The van der Waals surface area contributed by atoms with E-state index in [9.17, 15) is 14.4 Å². The van der Waals surface area contributed by atoms with Crippen LogP contribution in [0.5, 0.6) is 0 Å². The largest absolute Gasteiger partial charge is 0.462 e. The Bertz CT molecular complexity index is 1450. The van der Waals surface area contributed by atoms with Crippen molar-refractivity contribution in [1.29, 1.82) is 0 Å². The number of anilines is 1. The first-order valence-electron chi connectivity index (χ1n) is 16.0. The zero-order valence-electron chi connectivity index (χ0n) is 24.9. The number of rotatable bonds is 13. The zero-order valence-corrected chi connectivity index (χ0v) is 26.5. The fourth-order valence-electron chi connectivity index (χ4n) is 7.52. The maximum absolute atomic E-state index is 14.1. The van der Waals surface area contributed by atoms with E-state index < -0.39 is 16.2 Å². The van der Waals surface area contributed by atoms with E-state index in [0.717, 1.165) is 35.1 Å². The quantitative estimate of drug-likeness (QED) is 0.0810. The van der Waals surface area contributed by atoms with Crippen LogP contribution in [-0.2, 0) is 18.7 Å². The number of unbranched alkanes of at least 4 members (excludes halogenated alkanes) is 9. The Balaban J connectivity index is 1.09. The molecule has 2 bridgehead atoms. The smallest absolute Gasteiger partial charge is 0.338 e. The van der Waals surface area contributed by atoms with Gasteiger partial charge < -0.3 is 4.74 Å². The fraction of sp³-hybridized carbons (Fsp3) is 0.432. The third-order valence-corrected chi connectivity index (χ3v) is 11.0. The van der Waals surface area contributed by atoms with Crippen molar-refractivity contribution in [2.24, 2.45) is 11.8 Å². The van der Waals surface area contributed by atoms with Gasteiger partial charge in [-0.05, 0) is 52.9 Å². The van der Waals surface area contributed by atoms with Gasteiger partial charge in [-0.2, -0.15) is 0 Å². The van der Waals surface area contributed by atoms with Crippen molar-refractivity contribution in [2.75, 3.05) is 11.5 Å². The van der Waals surface area contributed by atoms with Crippen LogP contribution in [0.25, 0.3) is 0 Å². The lowest BCUT2D eigenvalue weighted by atomic mass is 9.55. The van der Waals surface area contributed by atoms with Gasteiger partial charge >= 0.3 is 5.97 Å². The first kappa shape index (κ1) is 29.8. The second kappa shape index (κ2) is 12.8. The van der Waals surface area contributed by atoms with Gasteiger partial charge in [-0.25, -0.2) is 9.69 Å². The number of esters is 1. The minimum atomic E-state index is -0.778. The first-order valence-corrected chi connectivity index (χ1v) is 16.8. The van der Waals surface area contributed by atoms with E-state index in [-0.39, 0.29) is 23.7 Å². The summed E-state index contributed by atoms with van der Waals surface area (Å²) in [4.78, 5) is 42.1. The van der Waals surface area contributed by atoms with Crippen molar-refractivity contribution in [3.05, 3.63) is 101 Å². The number of ether oxygens (including phenoxy) is 1. The van der Waals surface area contributed by atoms with E-state index in [1.807, 2.05) is 24.3 Å². The van der Waals surface area contributed by atoms with E-state index in [0.29, 0.717) is 17.9 Å². The molecule has 1 fully saturated rings. The van der Waals surface area contributed by atoms with Gasteiger partial charge in [0.15, 0.2) is 0 Å². The van der Waals surface area contributed by atoms with E-state index in [4.69, 9.17) is 4.74 Å². The van der Waals surface area contributed by atoms with Crippen molar-refractivity contribution in [3.63, 3.8) is 0 Å². The molecule has 3 aromatic carbocycles. The van der Waals surface area contributed by atoms with Crippen LogP contribution in [-0.4, -0.2) is 24.4 Å². The highest BCUT2D eigenvalue weighted by atomic mass is 79.9. The van der Waals surface area contributed by atoms with E-state index in [1.54, 1.807) is 24.3 Å². The molecule has 1 heterocycles. The summed E-state index contributed by atoms with van der Waals surface area (Å²) in [7, 11) is 0. The van der Waals surface area contributed by atoms with Gasteiger partial charge in [0.2, 0.25) is 11.8 Å². The number of hydrogen-bond acceptors (Lipinski definition) is 4. The lowest BCUT2D eigenvalue weighted by Crippen LogP contribution is -2.50. The normalized spacial score (nSPS) is 23.2. The Kier molecular flexibility index (Phi) is 8.85. The molecule has 3 aliphatic carbocycles. The number of nitrogens with zero attached hydrogens (tertiary/aromatic N) is 1. The van der Waals surface area contributed by atoms with Gasteiger partial charge in [-0.15, -0.1) is 0 Å². The average Bonchev–Trinajstić information content (AvgIpc) is 3.30. The third-order valence-electron chi connectivity index (χ3n) is 9.61. The molecular formula is C37H40BrNO4. The molecule has 0 saturated carbocycles. The predicted octanol–water partition coefficient (Wildman–Crippen LogP) is 8.67. The SMILES string of the molecule is CCCCCCCCCCCCOC(=O)c1ccc(N2C(=O)[C@@H]3C4c5ccccc5C(Br)(c5ccccc54)[C@@H]3C2=O)cc1. The van der Waals surface area contributed by atoms with Crippen LogP contribution < -0.4 is 4.90 Å². The lowest BCUT2D eigenvalue weighted by Gasteiger charge is -2.51. The number of imide groups is 1. The summed E-state index contributed by atoms with van der Waals surface area (Å²) >= 11 is 4.03. The standard InChI is InChI=1S/C37H40BrNO4/c1-2-3-4-5-6-7-8-9-10-15-24-43-36(42)25-20-22-26(23-21-25)39-34(40)32-31-27-16-11-13-18-29(27)37(38,33(32)35(39)41)30-19-14-12-17-28(30)31/h11-14,16-23,31-33H,2-10,15,24H2,1H3/t31?,32-,33+,37?/m1/s1. The van der Waals surface area contributed by atoms with Crippen LogP contribution >= 0.6 is 15.9 Å². The molecule has 0 radical (unpaired) electrons. The number of alkyl halides is 1. The Morgan fingerprint density at radius 3 is 1.86 bits per heavy atom. The summed E-state index contributed by atoms with van der Waals surface area (Å²) in [6.45, 7) is 2.64. The predicted molar refractivity (Wildman–Crippen MR) is 172 cm³/mol. The van der Waals surface area contributed by atoms with Gasteiger partial charge in [0.1, 0.15) is 0 Å². The molecule has 1 aliphatic heterocycles. The Morgan fingerprint density at radius 1 is 0.744 bits per heavy atom. The fourth-order valence-corrected chi connectivity index (χ4v) is 8.72. The molecule has 0 spiro atoms. The van der Waals surface area contributed by atoms with Gasteiger partial charge in [0.25, 0.3) is 0 Å². The molecule has 224 valence electrons. The van der Waals surface area contributed by atoms with Crippen LogP contribution in [0.15, 0.2) is 72.8 Å². The number of benzene rings is 3. The second-order valence-electron chi connectivity index (χ2n) is 12.2. The number of carbonyl (C=O) groups is 3. The van der Waals surface area contributed by atoms with E-state index in [1.165, 1.54) is 56.3 Å². The molecule has 6 heteroatoms. The molecule has 5 nitrogen and oxygen atoms in total. The van der Waals surface area contributed by atoms with Crippen LogP contribution in [0, 0.1) is 11.8 Å². The summed E-state index contributed by atoms with van der Waals surface area (Å²) in [5.74, 6) is -2.01. The topological polar surface area (TPSA) is 63.7 Å². The monoisotopic (exact) mass is 641 g/mol. The number of amides is 2. The molecule has 43 heavy (non-hydrogen) atoms. The van der Waals surface area contributed by atoms with Gasteiger partial charge in [-0.3, -0.25) is 9.59 Å². The molecule has 2 atom stereocenters. The highest BCUT2D eigenvalue weighted by Gasteiger charge is 2.67. The summed E-state index contributed by atoms with van der Waals surface area (Å²) in [5, 5.41) is 0. The van der Waals surface area contributed by atoms with Crippen molar-refractivity contribution < 1.29 is 19.1 Å². The molecular weight excluding hydrogens is 602 g/mol. The Labute approximate surface area is 263 Å². The van der Waals surface area contributed by atoms with Gasteiger partial charge in [0, 0.05) is 5.92 Å². The lowest BCUT2D eigenvalue weighted by molar-refractivity contribution is -0.122. The summed E-state index contributed by atoms with van der Waals surface area (Å²) < 4.78 is 4.74. The highest BCUT2D eigenvalue weighted by Crippen LogP contribution is 2.66. The third kappa shape index (κ3) is 5.26. The molecule has 4 aliphatic rings. The molecule has 0 aromatic heterocycles. The molecule has 0 N–H and O–H groups in total. The molecule has 0 unspecified atom stereocenters. The maximum Gasteiger partial charge on any atom is 0.338 e. The van der Waals surface area contributed by atoms with Crippen LogP contribution in [0.2, 0.25) is 0 Å². The summed E-state index contributed by atoms with van der Waals surface area (Å²) in [5.41, 5.74) is 5.22. The van der Waals surface area contributed by atoms with E-state index in [2.05, 4.69) is 47.1 Å². The molecule has 2 amide bonds. The second-order valence-corrected chi connectivity index (χ2v) is 13.5. The molecule has 7 rings (SSSR count). The summed E-state index contributed by atoms with van der Waals surface area (Å²) in [6, 6.07) is 23.0. The summed E-state index contributed by atoms with van der Waals surface area (Å²) in [6.07, 6.45) is 12.3. The average molecular weight is 643 g/mol. The van der Waals surface area contributed by atoms with Crippen LogP contribution in [0.4, 0.5) is 5.69 Å². The van der Waals surface area contributed by atoms with Gasteiger partial charge in [0.05, 0.1) is 34.0 Å². The van der Waals surface area contributed by atoms with Crippen LogP contribution in [0.1, 0.15) is 110 Å². The highest BCUT2D eigenvalue weighted by molar-refractivity contribution is 9.09. The Morgan fingerprint density at radius 2 is 1.28 bits per heavy atom. The number of carbonyl (C=O) groups excluding carboxylic acids is 3. The Hall–Kier alpha value is -3.25. The van der Waals surface area contributed by atoms with Crippen LogP contribution in [0.3, 0.4) is 0 Å².